The second-order valence-corrected chi connectivity index (χ2v) is 8.63. The van der Waals surface area contributed by atoms with Crippen molar-refractivity contribution in [1.29, 1.82) is 0 Å². The summed E-state index contributed by atoms with van der Waals surface area (Å²) in [6.07, 6.45) is 15.1. The number of hydrogen-bond donors (Lipinski definition) is 0. The normalized spacial score (nSPS) is 11.7. The summed E-state index contributed by atoms with van der Waals surface area (Å²) < 4.78 is 24.2. The average Bonchev–Trinajstić information content (AvgIpc) is 2.56. The number of rotatable bonds is 14. The SMILES string of the molecule is CCCCCCCCCCCCCCS(=O)(=O)c1ccccc1. The molecule has 132 valence electrons. The van der Waals surface area contributed by atoms with Crippen LogP contribution in [0.15, 0.2) is 35.2 Å². The maximum Gasteiger partial charge on any atom is 0.178 e. The second-order valence-electron chi connectivity index (χ2n) is 6.52. The fraction of sp³-hybridized carbons (Fsp3) is 0.700. The summed E-state index contributed by atoms with van der Waals surface area (Å²) in [6, 6.07) is 8.80. The molecule has 0 aromatic heterocycles. The Hall–Kier alpha value is -0.830. The van der Waals surface area contributed by atoms with E-state index in [0.717, 1.165) is 12.8 Å². The van der Waals surface area contributed by atoms with E-state index in [9.17, 15) is 8.42 Å². The maximum atomic E-state index is 12.1. The number of sulfone groups is 1. The third kappa shape index (κ3) is 9.80. The Morgan fingerprint density at radius 3 is 1.57 bits per heavy atom. The van der Waals surface area contributed by atoms with Crippen molar-refractivity contribution in [3.05, 3.63) is 30.3 Å². The fourth-order valence-corrected chi connectivity index (χ4v) is 4.27. The van der Waals surface area contributed by atoms with E-state index in [1.54, 1.807) is 24.3 Å². The third-order valence-corrected chi connectivity index (χ3v) is 6.19. The van der Waals surface area contributed by atoms with Crippen molar-refractivity contribution in [2.75, 3.05) is 5.75 Å². The summed E-state index contributed by atoms with van der Waals surface area (Å²) >= 11 is 0. The Morgan fingerprint density at radius 2 is 1.09 bits per heavy atom. The Kier molecular flexibility index (Phi) is 11.1. The zero-order chi connectivity index (χ0) is 16.8. The molecule has 0 radical (unpaired) electrons. The lowest BCUT2D eigenvalue weighted by molar-refractivity contribution is 0.546. The molecule has 0 heterocycles. The van der Waals surface area contributed by atoms with E-state index in [-0.39, 0.29) is 5.75 Å². The summed E-state index contributed by atoms with van der Waals surface area (Å²) in [7, 11) is -3.07. The minimum absolute atomic E-state index is 0.286. The molecule has 0 fully saturated rings. The molecule has 0 amide bonds. The van der Waals surface area contributed by atoms with Crippen LogP contribution < -0.4 is 0 Å². The van der Waals surface area contributed by atoms with Gasteiger partial charge in [-0.25, -0.2) is 8.42 Å². The van der Waals surface area contributed by atoms with Crippen molar-refractivity contribution < 1.29 is 8.42 Å². The van der Waals surface area contributed by atoms with Gasteiger partial charge < -0.3 is 0 Å². The Labute approximate surface area is 143 Å². The van der Waals surface area contributed by atoms with Crippen molar-refractivity contribution in [1.82, 2.24) is 0 Å². The molecule has 0 spiro atoms. The van der Waals surface area contributed by atoms with Crippen LogP contribution >= 0.6 is 0 Å². The molecular weight excluding hydrogens is 304 g/mol. The summed E-state index contributed by atoms with van der Waals surface area (Å²) in [4.78, 5) is 0.461. The summed E-state index contributed by atoms with van der Waals surface area (Å²) in [5.41, 5.74) is 0. The van der Waals surface area contributed by atoms with E-state index in [1.807, 2.05) is 6.07 Å². The number of hydrogen-bond acceptors (Lipinski definition) is 2. The van der Waals surface area contributed by atoms with Gasteiger partial charge in [0.25, 0.3) is 0 Å². The molecule has 0 atom stereocenters. The number of unbranched alkanes of at least 4 members (excludes halogenated alkanes) is 11. The standard InChI is InChI=1S/C20H34O2S/c1-2-3-4-5-6-7-8-9-10-11-12-16-19-23(21,22)20-17-14-13-15-18-20/h13-15,17-18H,2-12,16,19H2,1H3. The Morgan fingerprint density at radius 1 is 0.652 bits per heavy atom. The highest BCUT2D eigenvalue weighted by molar-refractivity contribution is 7.91. The van der Waals surface area contributed by atoms with E-state index >= 15 is 0 Å². The maximum absolute atomic E-state index is 12.1. The van der Waals surface area contributed by atoms with Gasteiger partial charge in [0, 0.05) is 0 Å². The molecule has 0 aliphatic rings. The van der Waals surface area contributed by atoms with E-state index in [0.29, 0.717) is 4.90 Å². The summed E-state index contributed by atoms with van der Waals surface area (Å²) in [5, 5.41) is 0. The highest BCUT2D eigenvalue weighted by atomic mass is 32.2. The topological polar surface area (TPSA) is 34.1 Å². The van der Waals surface area contributed by atoms with Gasteiger partial charge in [0.15, 0.2) is 9.84 Å². The van der Waals surface area contributed by atoms with Gasteiger partial charge in [0.05, 0.1) is 10.6 Å². The van der Waals surface area contributed by atoms with Gasteiger partial charge in [0.2, 0.25) is 0 Å². The smallest absolute Gasteiger partial charge is 0.178 e. The van der Waals surface area contributed by atoms with Crippen LogP contribution in [-0.4, -0.2) is 14.2 Å². The first-order valence-electron chi connectivity index (χ1n) is 9.44. The van der Waals surface area contributed by atoms with Gasteiger partial charge in [-0.15, -0.1) is 0 Å². The molecule has 0 unspecified atom stereocenters. The number of benzene rings is 1. The highest BCUT2D eigenvalue weighted by Gasteiger charge is 2.12. The molecule has 1 rings (SSSR count). The van der Waals surface area contributed by atoms with Crippen LogP contribution in [0.1, 0.15) is 84.0 Å². The molecule has 0 saturated carbocycles. The summed E-state index contributed by atoms with van der Waals surface area (Å²) in [6.45, 7) is 2.26. The first-order valence-corrected chi connectivity index (χ1v) is 11.1. The molecule has 0 N–H and O–H groups in total. The summed E-state index contributed by atoms with van der Waals surface area (Å²) in [5.74, 6) is 0.286. The van der Waals surface area contributed by atoms with Gasteiger partial charge in [-0.05, 0) is 18.6 Å². The van der Waals surface area contributed by atoms with E-state index in [2.05, 4.69) is 6.92 Å². The van der Waals surface area contributed by atoms with Crippen LogP contribution in [0.2, 0.25) is 0 Å². The molecular formula is C20H34O2S. The minimum atomic E-state index is -3.07. The molecule has 3 heteroatoms. The van der Waals surface area contributed by atoms with Crippen molar-refractivity contribution in [3.8, 4) is 0 Å². The molecule has 1 aromatic carbocycles. The zero-order valence-corrected chi connectivity index (χ0v) is 15.6. The van der Waals surface area contributed by atoms with Crippen molar-refractivity contribution in [2.24, 2.45) is 0 Å². The Bertz CT molecular complexity index is 480. The van der Waals surface area contributed by atoms with Crippen LogP contribution in [0.3, 0.4) is 0 Å². The van der Waals surface area contributed by atoms with Crippen LogP contribution in [-0.2, 0) is 9.84 Å². The van der Waals surface area contributed by atoms with Crippen LogP contribution in [0.25, 0.3) is 0 Å². The quantitative estimate of drug-likeness (QED) is 0.381. The molecule has 0 saturated heterocycles. The minimum Gasteiger partial charge on any atom is -0.224 e. The lowest BCUT2D eigenvalue weighted by atomic mass is 10.1. The zero-order valence-electron chi connectivity index (χ0n) is 14.8. The molecule has 0 aliphatic heterocycles. The Balaban J connectivity index is 1.96. The lowest BCUT2D eigenvalue weighted by Crippen LogP contribution is -2.06. The molecule has 23 heavy (non-hydrogen) atoms. The second kappa shape index (κ2) is 12.6. The first kappa shape index (κ1) is 20.2. The molecule has 0 aliphatic carbocycles. The van der Waals surface area contributed by atoms with Gasteiger partial charge in [-0.1, -0.05) is 95.8 Å². The highest BCUT2D eigenvalue weighted by Crippen LogP contribution is 2.15. The van der Waals surface area contributed by atoms with Gasteiger partial charge in [-0.3, -0.25) is 0 Å². The lowest BCUT2D eigenvalue weighted by Gasteiger charge is -2.05. The van der Waals surface area contributed by atoms with Crippen molar-refractivity contribution >= 4 is 9.84 Å². The predicted octanol–water partition coefficient (Wildman–Crippen LogP) is 6.16. The fourth-order valence-electron chi connectivity index (χ4n) is 2.88. The van der Waals surface area contributed by atoms with Gasteiger partial charge in [-0.2, -0.15) is 0 Å². The van der Waals surface area contributed by atoms with Crippen molar-refractivity contribution in [3.63, 3.8) is 0 Å². The third-order valence-electron chi connectivity index (χ3n) is 4.37. The molecule has 2 nitrogen and oxygen atoms in total. The van der Waals surface area contributed by atoms with E-state index in [4.69, 9.17) is 0 Å². The average molecular weight is 339 g/mol. The van der Waals surface area contributed by atoms with E-state index in [1.165, 1.54) is 64.2 Å². The monoisotopic (exact) mass is 338 g/mol. The van der Waals surface area contributed by atoms with Gasteiger partial charge >= 0.3 is 0 Å². The van der Waals surface area contributed by atoms with Crippen LogP contribution in [0.5, 0.6) is 0 Å². The van der Waals surface area contributed by atoms with E-state index < -0.39 is 9.84 Å². The largest absolute Gasteiger partial charge is 0.224 e. The van der Waals surface area contributed by atoms with Crippen LogP contribution in [0, 0.1) is 0 Å². The molecule has 0 bridgehead atoms. The first-order chi connectivity index (χ1) is 11.2. The van der Waals surface area contributed by atoms with Crippen LogP contribution in [0.4, 0.5) is 0 Å². The molecule has 1 aromatic rings. The van der Waals surface area contributed by atoms with Gasteiger partial charge in [0.1, 0.15) is 0 Å². The predicted molar refractivity (Wildman–Crippen MR) is 99.6 cm³/mol. The van der Waals surface area contributed by atoms with Crippen molar-refractivity contribution in [2.45, 2.75) is 88.9 Å².